The molecule has 0 saturated carbocycles. The van der Waals surface area contributed by atoms with Gasteiger partial charge in [-0.2, -0.15) is 0 Å². The van der Waals surface area contributed by atoms with Crippen molar-refractivity contribution in [3.63, 3.8) is 0 Å². The first-order chi connectivity index (χ1) is 14.9. The summed E-state index contributed by atoms with van der Waals surface area (Å²) in [7, 11) is 0. The van der Waals surface area contributed by atoms with Crippen LogP contribution in [0, 0.1) is 6.92 Å². The number of halogens is 1. The molecule has 0 aromatic heterocycles. The number of amidine groups is 1. The Kier molecular flexibility index (Phi) is 8.15. The molecule has 2 aromatic rings. The number of hydrogen-bond donors (Lipinski definition) is 2. The maximum absolute atomic E-state index is 13.2. The van der Waals surface area contributed by atoms with E-state index in [1.165, 1.54) is 11.8 Å². The van der Waals surface area contributed by atoms with Crippen molar-refractivity contribution in [2.45, 2.75) is 26.4 Å². The Bertz CT molecular complexity index is 1010. The third kappa shape index (κ3) is 5.68. The molecule has 0 radical (unpaired) electrons. The summed E-state index contributed by atoms with van der Waals surface area (Å²) in [6.07, 6.45) is 1.70. The SMILES string of the molecule is CCCN=C1S/C(=C\c2ccc(OCC(O)CO)c(Cl)c2)C(=O)N1c1ccccc1C. The van der Waals surface area contributed by atoms with Gasteiger partial charge in [0.05, 0.1) is 22.2 Å². The van der Waals surface area contributed by atoms with Crippen LogP contribution in [-0.2, 0) is 4.79 Å². The Labute approximate surface area is 191 Å². The molecule has 3 rings (SSSR count). The van der Waals surface area contributed by atoms with Crippen molar-refractivity contribution in [2.24, 2.45) is 4.99 Å². The zero-order valence-electron chi connectivity index (χ0n) is 17.4. The monoisotopic (exact) mass is 460 g/mol. The predicted molar refractivity (Wildman–Crippen MR) is 127 cm³/mol. The van der Waals surface area contributed by atoms with Crippen molar-refractivity contribution in [1.29, 1.82) is 0 Å². The minimum absolute atomic E-state index is 0.0619. The molecule has 1 atom stereocenters. The molecule has 164 valence electrons. The Morgan fingerprint density at radius 1 is 1.29 bits per heavy atom. The Balaban J connectivity index is 1.88. The van der Waals surface area contributed by atoms with Gasteiger partial charge in [0.2, 0.25) is 0 Å². The van der Waals surface area contributed by atoms with Gasteiger partial charge in [0.15, 0.2) is 5.17 Å². The first kappa shape index (κ1) is 23.3. The van der Waals surface area contributed by atoms with Gasteiger partial charge in [-0.05, 0) is 60.5 Å². The van der Waals surface area contributed by atoms with Gasteiger partial charge >= 0.3 is 0 Å². The molecule has 0 bridgehead atoms. The lowest BCUT2D eigenvalue weighted by molar-refractivity contribution is -0.113. The number of benzene rings is 2. The number of hydrogen-bond acceptors (Lipinski definition) is 6. The zero-order chi connectivity index (χ0) is 22.4. The molecule has 1 aliphatic heterocycles. The highest BCUT2D eigenvalue weighted by atomic mass is 35.5. The van der Waals surface area contributed by atoms with E-state index in [4.69, 9.17) is 21.4 Å². The number of thioether (sulfide) groups is 1. The topological polar surface area (TPSA) is 82.4 Å². The van der Waals surface area contributed by atoms with Crippen LogP contribution in [0.4, 0.5) is 5.69 Å². The summed E-state index contributed by atoms with van der Waals surface area (Å²) in [5.74, 6) is 0.269. The second kappa shape index (κ2) is 10.8. The largest absolute Gasteiger partial charge is 0.489 e. The van der Waals surface area contributed by atoms with Crippen LogP contribution >= 0.6 is 23.4 Å². The third-order valence-electron chi connectivity index (χ3n) is 4.53. The predicted octanol–water partition coefficient (Wildman–Crippen LogP) is 4.27. The van der Waals surface area contributed by atoms with Gasteiger partial charge in [0.1, 0.15) is 18.5 Å². The van der Waals surface area contributed by atoms with Gasteiger partial charge < -0.3 is 14.9 Å². The van der Waals surface area contributed by atoms with Crippen LogP contribution in [0.5, 0.6) is 5.75 Å². The quantitative estimate of drug-likeness (QED) is 0.575. The second-order valence-electron chi connectivity index (χ2n) is 7.04. The minimum atomic E-state index is -0.973. The second-order valence-corrected chi connectivity index (χ2v) is 8.46. The van der Waals surface area contributed by atoms with Gasteiger partial charge in [-0.15, -0.1) is 0 Å². The third-order valence-corrected chi connectivity index (χ3v) is 5.83. The van der Waals surface area contributed by atoms with Crippen molar-refractivity contribution >= 4 is 46.2 Å². The lowest BCUT2D eigenvalue weighted by atomic mass is 10.1. The maximum Gasteiger partial charge on any atom is 0.271 e. The molecular formula is C23H25ClN2O4S. The summed E-state index contributed by atoms with van der Waals surface area (Å²) < 4.78 is 5.42. The Morgan fingerprint density at radius 3 is 2.74 bits per heavy atom. The van der Waals surface area contributed by atoms with Gasteiger partial charge in [-0.25, -0.2) is 0 Å². The van der Waals surface area contributed by atoms with Crippen LogP contribution in [0.1, 0.15) is 24.5 Å². The molecule has 6 nitrogen and oxygen atoms in total. The lowest BCUT2D eigenvalue weighted by Crippen LogP contribution is -2.29. The Morgan fingerprint density at radius 2 is 2.06 bits per heavy atom. The number of carbonyl (C=O) groups is 1. The molecule has 0 aliphatic carbocycles. The standard InChI is InChI=1S/C23H25ClN2O4S/c1-3-10-25-23-26(19-7-5-4-6-15(19)2)22(29)21(31-23)12-16-8-9-20(18(24)11-16)30-14-17(28)13-27/h4-9,11-12,17,27-28H,3,10,13-14H2,1-2H3/b21-12-,25-23?. The molecule has 1 aliphatic rings. The fourth-order valence-corrected chi connectivity index (χ4v) is 4.17. The molecule has 2 N–H and O–H groups in total. The van der Waals surface area contributed by atoms with Crippen LogP contribution in [-0.4, -0.2) is 47.2 Å². The van der Waals surface area contributed by atoms with E-state index in [0.29, 0.717) is 27.4 Å². The summed E-state index contributed by atoms with van der Waals surface area (Å²) in [5, 5.41) is 19.3. The highest BCUT2D eigenvalue weighted by Gasteiger charge is 2.35. The number of anilines is 1. The van der Waals surface area contributed by atoms with Crippen molar-refractivity contribution in [2.75, 3.05) is 24.7 Å². The van der Waals surface area contributed by atoms with Crippen LogP contribution in [0.2, 0.25) is 5.02 Å². The molecule has 1 amide bonds. The first-order valence-electron chi connectivity index (χ1n) is 10.00. The number of nitrogens with zero attached hydrogens (tertiary/aromatic N) is 2. The first-order valence-corrected chi connectivity index (χ1v) is 11.2. The van der Waals surface area contributed by atoms with E-state index in [9.17, 15) is 9.90 Å². The highest BCUT2D eigenvalue weighted by Crippen LogP contribution is 2.38. The van der Waals surface area contributed by atoms with E-state index in [1.807, 2.05) is 38.1 Å². The van der Waals surface area contributed by atoms with Crippen molar-refractivity contribution in [3.8, 4) is 5.75 Å². The van der Waals surface area contributed by atoms with Crippen molar-refractivity contribution in [3.05, 3.63) is 63.5 Å². The lowest BCUT2D eigenvalue weighted by Gasteiger charge is -2.18. The smallest absolute Gasteiger partial charge is 0.271 e. The van der Waals surface area contributed by atoms with E-state index >= 15 is 0 Å². The highest BCUT2D eigenvalue weighted by molar-refractivity contribution is 8.19. The van der Waals surface area contributed by atoms with Crippen molar-refractivity contribution < 1.29 is 19.7 Å². The molecular weight excluding hydrogens is 436 g/mol. The molecule has 1 unspecified atom stereocenters. The van der Waals surface area contributed by atoms with E-state index in [1.54, 1.807) is 29.2 Å². The number of rotatable bonds is 8. The number of para-hydroxylation sites is 1. The summed E-state index contributed by atoms with van der Waals surface area (Å²) >= 11 is 7.64. The average Bonchev–Trinajstić information content (AvgIpc) is 3.06. The van der Waals surface area contributed by atoms with Gasteiger partial charge in [0.25, 0.3) is 5.91 Å². The summed E-state index contributed by atoms with van der Waals surface area (Å²) in [6, 6.07) is 12.9. The number of ether oxygens (including phenoxy) is 1. The molecule has 1 fully saturated rings. The van der Waals surface area contributed by atoms with Crippen LogP contribution < -0.4 is 9.64 Å². The molecule has 31 heavy (non-hydrogen) atoms. The number of aryl methyl sites for hydroxylation is 1. The van der Waals surface area contributed by atoms with E-state index < -0.39 is 6.10 Å². The van der Waals surface area contributed by atoms with E-state index in [0.717, 1.165) is 23.2 Å². The molecule has 1 heterocycles. The molecule has 2 aromatic carbocycles. The number of aliphatic hydroxyl groups is 2. The fraction of sp³-hybridized carbons (Fsp3) is 0.304. The Hall–Kier alpha value is -2.32. The van der Waals surface area contributed by atoms with E-state index in [-0.39, 0.29) is 19.1 Å². The summed E-state index contributed by atoms with van der Waals surface area (Å²) in [6.45, 7) is 4.21. The van der Waals surface area contributed by atoms with Gasteiger partial charge in [-0.3, -0.25) is 14.7 Å². The zero-order valence-corrected chi connectivity index (χ0v) is 19.0. The summed E-state index contributed by atoms with van der Waals surface area (Å²) in [4.78, 5) is 20.1. The molecule has 1 saturated heterocycles. The van der Waals surface area contributed by atoms with Crippen LogP contribution in [0.25, 0.3) is 6.08 Å². The molecule has 8 heteroatoms. The fourth-order valence-electron chi connectivity index (χ4n) is 2.93. The normalized spacial score (nSPS) is 17.6. The minimum Gasteiger partial charge on any atom is -0.489 e. The number of amides is 1. The van der Waals surface area contributed by atoms with Crippen LogP contribution in [0.3, 0.4) is 0 Å². The number of carbonyl (C=O) groups excluding carboxylic acids is 1. The van der Waals surface area contributed by atoms with Gasteiger partial charge in [0, 0.05) is 6.54 Å². The molecule has 0 spiro atoms. The van der Waals surface area contributed by atoms with Gasteiger partial charge in [-0.1, -0.05) is 42.8 Å². The van der Waals surface area contributed by atoms with Crippen molar-refractivity contribution in [1.82, 2.24) is 0 Å². The average molecular weight is 461 g/mol. The maximum atomic E-state index is 13.2. The van der Waals surface area contributed by atoms with Crippen LogP contribution in [0.15, 0.2) is 52.4 Å². The van der Waals surface area contributed by atoms with E-state index in [2.05, 4.69) is 4.99 Å². The number of aliphatic hydroxyl groups excluding tert-OH is 2. The summed E-state index contributed by atoms with van der Waals surface area (Å²) in [5.41, 5.74) is 2.57. The number of aliphatic imine (C=N–C) groups is 1.